The van der Waals surface area contributed by atoms with E-state index in [9.17, 15) is 4.79 Å². The Labute approximate surface area is 103 Å². The molecule has 0 aromatic heterocycles. The van der Waals surface area contributed by atoms with E-state index in [1.165, 1.54) is 0 Å². The van der Waals surface area contributed by atoms with Crippen molar-refractivity contribution in [1.29, 1.82) is 0 Å². The molecular formula is C14H20O3. The van der Waals surface area contributed by atoms with Gasteiger partial charge in [0.15, 0.2) is 5.78 Å². The van der Waals surface area contributed by atoms with E-state index in [-0.39, 0.29) is 18.5 Å². The molecule has 0 bridgehead atoms. The lowest BCUT2D eigenvalue weighted by atomic mass is 10.1. The lowest BCUT2D eigenvalue weighted by Gasteiger charge is -2.07. The highest BCUT2D eigenvalue weighted by molar-refractivity contribution is 5.97. The van der Waals surface area contributed by atoms with Crippen LogP contribution in [-0.2, 0) is 4.74 Å². The first-order valence-corrected chi connectivity index (χ1v) is 6.01. The molecule has 1 rings (SSSR count). The van der Waals surface area contributed by atoms with Crippen LogP contribution < -0.4 is 4.74 Å². The van der Waals surface area contributed by atoms with Crippen molar-refractivity contribution in [3.05, 3.63) is 29.8 Å². The van der Waals surface area contributed by atoms with Gasteiger partial charge in [-0.15, -0.1) is 0 Å². The first-order valence-electron chi connectivity index (χ1n) is 6.01. The predicted octanol–water partition coefficient (Wildman–Crippen LogP) is 3.08. The van der Waals surface area contributed by atoms with Gasteiger partial charge in [0.25, 0.3) is 0 Å². The van der Waals surface area contributed by atoms with E-state index in [0.29, 0.717) is 12.2 Å². The fraction of sp³-hybridized carbons (Fsp3) is 0.500. The summed E-state index contributed by atoms with van der Waals surface area (Å²) in [5.74, 6) is 0.800. The van der Waals surface area contributed by atoms with E-state index in [1.54, 1.807) is 12.1 Å². The van der Waals surface area contributed by atoms with Gasteiger partial charge < -0.3 is 9.47 Å². The molecule has 0 aliphatic carbocycles. The molecule has 0 amide bonds. The van der Waals surface area contributed by atoms with Gasteiger partial charge >= 0.3 is 0 Å². The zero-order valence-electron chi connectivity index (χ0n) is 10.7. The molecule has 0 aliphatic heterocycles. The molecule has 0 saturated carbocycles. The summed E-state index contributed by atoms with van der Waals surface area (Å²) in [6.07, 6.45) is 1.05. The van der Waals surface area contributed by atoms with Gasteiger partial charge in [0.1, 0.15) is 12.4 Å². The highest BCUT2D eigenvalue weighted by Gasteiger charge is 2.07. The zero-order valence-corrected chi connectivity index (χ0v) is 10.7. The van der Waals surface area contributed by atoms with Crippen molar-refractivity contribution < 1.29 is 14.3 Å². The van der Waals surface area contributed by atoms with Crippen molar-refractivity contribution in [2.75, 3.05) is 13.2 Å². The van der Waals surface area contributed by atoms with E-state index in [4.69, 9.17) is 9.47 Å². The molecule has 0 heterocycles. The fourth-order valence-electron chi connectivity index (χ4n) is 1.28. The van der Waals surface area contributed by atoms with Gasteiger partial charge in [-0.25, -0.2) is 0 Å². The minimum atomic E-state index is 0.000687. The lowest BCUT2D eigenvalue weighted by Crippen LogP contribution is -2.13. The Morgan fingerprint density at radius 1 is 1.24 bits per heavy atom. The van der Waals surface area contributed by atoms with Crippen LogP contribution in [0.1, 0.15) is 37.6 Å². The Balaban J connectivity index is 2.51. The second kappa shape index (κ2) is 7.07. The highest BCUT2D eigenvalue weighted by atomic mass is 16.5. The van der Waals surface area contributed by atoms with Crippen LogP contribution >= 0.6 is 0 Å². The second-order valence-electron chi connectivity index (χ2n) is 4.16. The molecule has 0 saturated heterocycles. The van der Waals surface area contributed by atoms with E-state index < -0.39 is 0 Å². The van der Waals surface area contributed by atoms with Crippen molar-refractivity contribution in [2.24, 2.45) is 0 Å². The molecule has 3 heteroatoms. The van der Waals surface area contributed by atoms with Gasteiger partial charge in [0.05, 0.1) is 12.7 Å². The van der Waals surface area contributed by atoms with Crippen molar-refractivity contribution in [3.63, 3.8) is 0 Å². The number of Topliss-reactive ketones (excluding diaryl/α,β-unsaturated/α-hetero) is 1. The highest BCUT2D eigenvalue weighted by Crippen LogP contribution is 2.13. The van der Waals surface area contributed by atoms with Gasteiger partial charge in [-0.05, 0) is 44.5 Å². The maximum absolute atomic E-state index is 11.7. The van der Waals surface area contributed by atoms with Gasteiger partial charge in [-0.3, -0.25) is 4.79 Å². The topological polar surface area (TPSA) is 35.5 Å². The van der Waals surface area contributed by atoms with Gasteiger partial charge in [0.2, 0.25) is 0 Å². The third kappa shape index (κ3) is 5.00. The van der Waals surface area contributed by atoms with Crippen LogP contribution in [0.2, 0.25) is 0 Å². The summed E-state index contributed by atoms with van der Waals surface area (Å²) < 4.78 is 10.7. The average molecular weight is 236 g/mol. The minimum Gasteiger partial charge on any atom is -0.494 e. The van der Waals surface area contributed by atoms with E-state index >= 15 is 0 Å². The van der Waals surface area contributed by atoms with Crippen LogP contribution in [0.4, 0.5) is 0 Å². The Kier molecular flexibility index (Phi) is 5.70. The third-order valence-corrected chi connectivity index (χ3v) is 2.20. The number of carbonyl (C=O) groups is 1. The molecule has 94 valence electrons. The molecule has 0 aliphatic rings. The molecule has 0 radical (unpaired) electrons. The smallest absolute Gasteiger partial charge is 0.188 e. The Bertz CT molecular complexity index is 341. The van der Waals surface area contributed by atoms with Crippen LogP contribution in [0, 0.1) is 0 Å². The van der Waals surface area contributed by atoms with Crippen molar-refractivity contribution in [3.8, 4) is 5.75 Å². The van der Waals surface area contributed by atoms with Gasteiger partial charge in [0, 0.05) is 5.56 Å². The monoisotopic (exact) mass is 236 g/mol. The Morgan fingerprint density at radius 2 is 1.88 bits per heavy atom. The summed E-state index contributed by atoms with van der Waals surface area (Å²) >= 11 is 0. The van der Waals surface area contributed by atoms with Crippen LogP contribution in [0.3, 0.4) is 0 Å². The zero-order chi connectivity index (χ0) is 12.7. The van der Waals surface area contributed by atoms with Gasteiger partial charge in [-0.2, -0.15) is 0 Å². The van der Waals surface area contributed by atoms with Crippen LogP contribution in [0.15, 0.2) is 24.3 Å². The standard InChI is InChI=1S/C14H20O3/c1-4-9-16-13-7-5-12(6-8-13)14(15)10-17-11(2)3/h5-8,11H,4,9-10H2,1-3H3. The number of hydrogen-bond donors (Lipinski definition) is 0. The summed E-state index contributed by atoms with van der Waals surface area (Å²) in [6, 6.07) is 7.19. The van der Waals surface area contributed by atoms with Crippen molar-refractivity contribution >= 4 is 5.78 Å². The number of carbonyl (C=O) groups excluding carboxylic acids is 1. The maximum Gasteiger partial charge on any atom is 0.188 e. The summed E-state index contributed by atoms with van der Waals surface area (Å²) in [5.41, 5.74) is 0.662. The molecule has 0 fully saturated rings. The SMILES string of the molecule is CCCOc1ccc(C(=O)COC(C)C)cc1. The summed E-state index contributed by atoms with van der Waals surface area (Å²) in [4.78, 5) is 11.7. The van der Waals surface area contributed by atoms with E-state index in [1.807, 2.05) is 26.0 Å². The summed E-state index contributed by atoms with van der Waals surface area (Å²) in [6.45, 7) is 6.71. The molecule has 17 heavy (non-hydrogen) atoms. The first kappa shape index (κ1) is 13.7. The number of ketones is 1. The molecule has 0 unspecified atom stereocenters. The molecule has 1 aromatic rings. The second-order valence-corrected chi connectivity index (χ2v) is 4.16. The Morgan fingerprint density at radius 3 is 2.41 bits per heavy atom. The normalized spacial score (nSPS) is 10.6. The van der Waals surface area contributed by atoms with Crippen molar-refractivity contribution in [2.45, 2.75) is 33.3 Å². The van der Waals surface area contributed by atoms with Crippen molar-refractivity contribution in [1.82, 2.24) is 0 Å². The van der Waals surface area contributed by atoms with Crippen LogP contribution in [0.5, 0.6) is 5.75 Å². The predicted molar refractivity (Wildman–Crippen MR) is 67.6 cm³/mol. The fourth-order valence-corrected chi connectivity index (χ4v) is 1.28. The van der Waals surface area contributed by atoms with E-state index in [0.717, 1.165) is 12.2 Å². The average Bonchev–Trinajstić information content (AvgIpc) is 2.34. The quantitative estimate of drug-likeness (QED) is 0.682. The van der Waals surface area contributed by atoms with Gasteiger partial charge in [-0.1, -0.05) is 6.92 Å². The van der Waals surface area contributed by atoms with Crippen LogP contribution in [0.25, 0.3) is 0 Å². The molecule has 0 atom stereocenters. The summed E-state index contributed by atoms with van der Waals surface area (Å²) in [5, 5.41) is 0. The van der Waals surface area contributed by atoms with E-state index in [2.05, 4.69) is 6.92 Å². The van der Waals surface area contributed by atoms with Crippen LogP contribution in [-0.4, -0.2) is 25.1 Å². The molecule has 1 aromatic carbocycles. The molecule has 0 spiro atoms. The lowest BCUT2D eigenvalue weighted by molar-refractivity contribution is 0.0585. The number of hydrogen-bond acceptors (Lipinski definition) is 3. The number of ether oxygens (including phenoxy) is 2. The molecule has 3 nitrogen and oxygen atoms in total. The minimum absolute atomic E-state index is 0.000687. The number of rotatable bonds is 7. The third-order valence-electron chi connectivity index (χ3n) is 2.20. The maximum atomic E-state index is 11.7. The first-order chi connectivity index (χ1) is 8.13. The molecular weight excluding hydrogens is 216 g/mol. The Hall–Kier alpha value is -1.35. The summed E-state index contributed by atoms with van der Waals surface area (Å²) in [7, 11) is 0. The molecule has 0 N–H and O–H groups in total. The largest absolute Gasteiger partial charge is 0.494 e. The number of benzene rings is 1.